The lowest BCUT2D eigenvalue weighted by Gasteiger charge is -2.18. The van der Waals surface area contributed by atoms with Crippen LogP contribution in [0.15, 0.2) is 0 Å². The molecule has 0 aromatic carbocycles. The molecule has 0 bridgehead atoms. The lowest BCUT2D eigenvalue weighted by molar-refractivity contribution is 0.0475. The second-order valence-electron chi connectivity index (χ2n) is 8.41. The molecule has 25 heavy (non-hydrogen) atoms. The van der Waals surface area contributed by atoms with Gasteiger partial charge in [-0.05, 0) is 25.7 Å². The van der Waals surface area contributed by atoms with Crippen LogP contribution in [0.5, 0.6) is 0 Å². The minimum atomic E-state index is 0.448. The molecule has 0 rings (SSSR count). The van der Waals surface area contributed by atoms with E-state index in [1.807, 2.05) is 0 Å². The first-order valence-corrected chi connectivity index (χ1v) is 11.8. The van der Waals surface area contributed by atoms with Crippen LogP contribution in [0.25, 0.3) is 0 Å². The van der Waals surface area contributed by atoms with Crippen molar-refractivity contribution < 1.29 is 4.74 Å². The highest BCUT2D eigenvalue weighted by atomic mass is 16.5. The quantitative estimate of drug-likeness (QED) is 0.199. The van der Waals surface area contributed by atoms with Gasteiger partial charge < -0.3 is 4.74 Å². The van der Waals surface area contributed by atoms with E-state index >= 15 is 0 Å². The third-order valence-corrected chi connectivity index (χ3v) is 5.44. The summed E-state index contributed by atoms with van der Waals surface area (Å²) in [6.45, 7) is 10.1. The molecule has 0 aromatic rings. The van der Waals surface area contributed by atoms with Crippen molar-refractivity contribution >= 4 is 0 Å². The van der Waals surface area contributed by atoms with E-state index in [9.17, 15) is 0 Å². The summed E-state index contributed by atoms with van der Waals surface area (Å²) < 4.78 is 5.87. The fourth-order valence-corrected chi connectivity index (χ4v) is 3.69. The summed E-state index contributed by atoms with van der Waals surface area (Å²) >= 11 is 0. The van der Waals surface area contributed by atoms with Crippen LogP contribution in [0.4, 0.5) is 0 Å². The molecule has 2 atom stereocenters. The molecular formula is C24H50O. The van der Waals surface area contributed by atoms with Crippen LogP contribution in [-0.4, -0.2) is 12.7 Å². The van der Waals surface area contributed by atoms with Crippen molar-refractivity contribution in [3.05, 3.63) is 0 Å². The highest BCUT2D eigenvalue weighted by Crippen LogP contribution is 2.18. The normalized spacial score (nSPS) is 13.9. The summed E-state index contributed by atoms with van der Waals surface area (Å²) in [6.07, 6.45) is 24.4. The maximum absolute atomic E-state index is 5.87. The highest BCUT2D eigenvalue weighted by molar-refractivity contribution is 4.60. The molecule has 0 radical (unpaired) electrons. The minimum Gasteiger partial charge on any atom is -0.379 e. The standard InChI is InChI=1S/C24H50O/c1-5-7-9-10-11-12-13-14-15-16-17-18-19-20-23(3)22-24(4)25-21-8-6-2/h23-24H,5-22H2,1-4H3. The number of ether oxygens (including phenoxy) is 1. The second-order valence-corrected chi connectivity index (χ2v) is 8.41. The molecular weight excluding hydrogens is 304 g/mol. The van der Waals surface area contributed by atoms with Gasteiger partial charge in [-0.15, -0.1) is 0 Å². The van der Waals surface area contributed by atoms with Gasteiger partial charge in [-0.1, -0.05) is 117 Å². The average Bonchev–Trinajstić information content (AvgIpc) is 2.59. The Morgan fingerprint density at radius 1 is 0.560 bits per heavy atom. The molecule has 0 aliphatic heterocycles. The molecule has 0 N–H and O–H groups in total. The zero-order chi connectivity index (χ0) is 18.6. The van der Waals surface area contributed by atoms with Crippen LogP contribution < -0.4 is 0 Å². The van der Waals surface area contributed by atoms with Crippen LogP contribution >= 0.6 is 0 Å². The Morgan fingerprint density at radius 2 is 1.00 bits per heavy atom. The Hall–Kier alpha value is -0.0400. The fraction of sp³-hybridized carbons (Fsp3) is 1.00. The van der Waals surface area contributed by atoms with Crippen molar-refractivity contribution in [1.82, 2.24) is 0 Å². The Kier molecular flexibility index (Phi) is 20.2. The smallest absolute Gasteiger partial charge is 0.0549 e. The lowest BCUT2D eigenvalue weighted by atomic mass is 9.96. The largest absolute Gasteiger partial charge is 0.379 e. The van der Waals surface area contributed by atoms with Crippen LogP contribution in [-0.2, 0) is 4.74 Å². The number of rotatable bonds is 20. The third-order valence-electron chi connectivity index (χ3n) is 5.44. The predicted molar refractivity (Wildman–Crippen MR) is 114 cm³/mol. The average molecular weight is 355 g/mol. The minimum absolute atomic E-state index is 0.448. The van der Waals surface area contributed by atoms with Gasteiger partial charge in [0.05, 0.1) is 6.10 Å². The molecule has 0 aliphatic carbocycles. The van der Waals surface area contributed by atoms with Crippen LogP contribution in [0.1, 0.15) is 137 Å². The molecule has 152 valence electrons. The zero-order valence-corrected chi connectivity index (χ0v) is 18.3. The van der Waals surface area contributed by atoms with Crippen LogP contribution in [0, 0.1) is 5.92 Å². The maximum Gasteiger partial charge on any atom is 0.0549 e. The molecule has 0 saturated heterocycles. The first-order valence-electron chi connectivity index (χ1n) is 11.8. The predicted octanol–water partition coefficient (Wildman–Crippen LogP) is 8.70. The van der Waals surface area contributed by atoms with Gasteiger partial charge in [0.15, 0.2) is 0 Å². The van der Waals surface area contributed by atoms with Crippen LogP contribution in [0.2, 0.25) is 0 Å². The Morgan fingerprint density at radius 3 is 1.48 bits per heavy atom. The monoisotopic (exact) mass is 354 g/mol. The molecule has 0 aliphatic rings. The van der Waals surface area contributed by atoms with Gasteiger partial charge in [0.25, 0.3) is 0 Å². The van der Waals surface area contributed by atoms with Crippen molar-refractivity contribution in [3.63, 3.8) is 0 Å². The van der Waals surface area contributed by atoms with Gasteiger partial charge >= 0.3 is 0 Å². The van der Waals surface area contributed by atoms with Crippen LogP contribution in [0.3, 0.4) is 0 Å². The van der Waals surface area contributed by atoms with Crippen molar-refractivity contribution in [2.75, 3.05) is 6.61 Å². The van der Waals surface area contributed by atoms with E-state index < -0.39 is 0 Å². The molecule has 0 saturated carbocycles. The van der Waals surface area contributed by atoms with E-state index in [2.05, 4.69) is 27.7 Å². The van der Waals surface area contributed by atoms with Crippen molar-refractivity contribution in [1.29, 1.82) is 0 Å². The van der Waals surface area contributed by atoms with Gasteiger partial charge in [0.1, 0.15) is 0 Å². The molecule has 1 nitrogen and oxygen atoms in total. The van der Waals surface area contributed by atoms with Crippen molar-refractivity contribution in [3.8, 4) is 0 Å². The lowest BCUT2D eigenvalue weighted by Crippen LogP contribution is -2.13. The Labute approximate surface area is 160 Å². The molecule has 0 spiro atoms. The molecule has 0 amide bonds. The van der Waals surface area contributed by atoms with E-state index in [1.165, 1.54) is 109 Å². The van der Waals surface area contributed by atoms with E-state index in [0.29, 0.717) is 6.10 Å². The number of hydrogen-bond donors (Lipinski definition) is 0. The number of hydrogen-bond acceptors (Lipinski definition) is 1. The van der Waals surface area contributed by atoms with Gasteiger partial charge in [-0.25, -0.2) is 0 Å². The SMILES string of the molecule is CCCCCCCCCCCCCCCC(C)CC(C)OCCCC. The van der Waals surface area contributed by atoms with E-state index in [0.717, 1.165) is 12.5 Å². The molecule has 0 heterocycles. The third kappa shape index (κ3) is 20.1. The summed E-state index contributed by atoms with van der Waals surface area (Å²) in [5, 5.41) is 0. The summed E-state index contributed by atoms with van der Waals surface area (Å²) in [6, 6.07) is 0. The highest BCUT2D eigenvalue weighted by Gasteiger charge is 2.08. The molecule has 0 aromatic heterocycles. The van der Waals surface area contributed by atoms with Gasteiger partial charge in [0.2, 0.25) is 0 Å². The zero-order valence-electron chi connectivity index (χ0n) is 18.3. The van der Waals surface area contributed by atoms with E-state index in [4.69, 9.17) is 4.74 Å². The maximum atomic E-state index is 5.87. The molecule has 0 fully saturated rings. The van der Waals surface area contributed by atoms with Crippen molar-refractivity contribution in [2.45, 2.75) is 143 Å². The first kappa shape index (κ1) is 25.0. The van der Waals surface area contributed by atoms with E-state index in [1.54, 1.807) is 0 Å². The Balaban J connectivity index is 3.21. The molecule has 1 heteroatoms. The van der Waals surface area contributed by atoms with Gasteiger partial charge in [-0.3, -0.25) is 0 Å². The summed E-state index contributed by atoms with van der Waals surface area (Å²) in [5.41, 5.74) is 0. The molecule has 2 unspecified atom stereocenters. The van der Waals surface area contributed by atoms with Gasteiger partial charge in [-0.2, -0.15) is 0 Å². The van der Waals surface area contributed by atoms with E-state index in [-0.39, 0.29) is 0 Å². The topological polar surface area (TPSA) is 9.23 Å². The summed E-state index contributed by atoms with van der Waals surface area (Å²) in [4.78, 5) is 0. The fourth-order valence-electron chi connectivity index (χ4n) is 3.69. The first-order chi connectivity index (χ1) is 12.2. The number of unbranched alkanes of at least 4 members (excludes halogenated alkanes) is 13. The summed E-state index contributed by atoms with van der Waals surface area (Å²) in [7, 11) is 0. The summed E-state index contributed by atoms with van der Waals surface area (Å²) in [5.74, 6) is 0.823. The Bertz CT molecular complexity index is 238. The van der Waals surface area contributed by atoms with Crippen molar-refractivity contribution in [2.24, 2.45) is 5.92 Å². The second kappa shape index (κ2) is 20.3. The van der Waals surface area contributed by atoms with Gasteiger partial charge in [0, 0.05) is 6.61 Å².